The van der Waals surface area contributed by atoms with E-state index in [1.807, 2.05) is 19.2 Å². The predicted molar refractivity (Wildman–Crippen MR) is 138 cm³/mol. The normalized spacial score (nSPS) is 21.2. The molecule has 2 fully saturated rings. The quantitative estimate of drug-likeness (QED) is 0.310. The molecular weight excluding hydrogens is 513 g/mol. The maximum atomic E-state index is 6.40. The van der Waals surface area contributed by atoms with E-state index >= 15 is 0 Å². The Bertz CT molecular complexity index is 654. The summed E-state index contributed by atoms with van der Waals surface area (Å²) in [5, 5.41) is 8.02. The number of halogens is 2. The second kappa shape index (κ2) is 13.6. The number of guanidine groups is 1. The monoisotopic (exact) mass is 549 g/mol. The minimum absolute atomic E-state index is 0. The van der Waals surface area contributed by atoms with Crippen molar-refractivity contribution in [2.75, 3.05) is 64.9 Å². The van der Waals surface area contributed by atoms with Gasteiger partial charge in [-0.1, -0.05) is 23.7 Å². The van der Waals surface area contributed by atoms with Gasteiger partial charge >= 0.3 is 0 Å². The van der Waals surface area contributed by atoms with Crippen molar-refractivity contribution in [3.05, 3.63) is 29.3 Å². The van der Waals surface area contributed by atoms with Gasteiger partial charge in [-0.05, 0) is 56.8 Å². The first-order chi connectivity index (χ1) is 14.2. The average Bonchev–Trinajstić information content (AvgIpc) is 2.76. The van der Waals surface area contributed by atoms with Crippen LogP contribution in [0, 0.1) is 5.92 Å². The number of hydrogen-bond acceptors (Lipinski definition) is 4. The zero-order valence-corrected chi connectivity index (χ0v) is 21.4. The molecule has 1 atom stereocenters. The molecule has 0 bridgehead atoms. The third-order valence-corrected chi connectivity index (χ3v) is 6.38. The number of methoxy groups -OCH3 is 1. The molecule has 0 aliphatic carbocycles. The SMILES string of the molecule is CN=C(NCC1CCN(CCOC)CC1)NC1CCCN(c2ccccc2Cl)C1.I. The molecule has 2 aliphatic heterocycles. The predicted octanol–water partition coefficient (Wildman–Crippen LogP) is 3.45. The molecule has 1 aromatic carbocycles. The number of para-hydroxylation sites is 1. The number of ether oxygens (including phenoxy) is 1. The molecule has 1 unspecified atom stereocenters. The second-order valence-electron chi connectivity index (χ2n) is 8.11. The van der Waals surface area contributed by atoms with Crippen molar-refractivity contribution in [3.8, 4) is 0 Å². The summed E-state index contributed by atoms with van der Waals surface area (Å²) in [4.78, 5) is 9.34. The molecule has 2 saturated heterocycles. The van der Waals surface area contributed by atoms with Crippen LogP contribution in [0.15, 0.2) is 29.3 Å². The van der Waals surface area contributed by atoms with E-state index in [1.54, 1.807) is 7.11 Å². The van der Waals surface area contributed by atoms with Gasteiger partial charge in [-0.25, -0.2) is 0 Å². The molecule has 2 aliphatic rings. The van der Waals surface area contributed by atoms with Crippen LogP contribution in [0.5, 0.6) is 0 Å². The first-order valence-corrected chi connectivity index (χ1v) is 11.3. The molecule has 1 aromatic rings. The molecule has 2 N–H and O–H groups in total. The van der Waals surface area contributed by atoms with E-state index < -0.39 is 0 Å². The van der Waals surface area contributed by atoms with Gasteiger partial charge in [-0.15, -0.1) is 24.0 Å². The van der Waals surface area contributed by atoms with Crippen molar-refractivity contribution < 1.29 is 4.74 Å². The number of nitrogens with zero attached hydrogens (tertiary/aromatic N) is 3. The highest BCUT2D eigenvalue weighted by molar-refractivity contribution is 14.0. The van der Waals surface area contributed by atoms with Gasteiger partial charge < -0.3 is 25.2 Å². The highest BCUT2D eigenvalue weighted by Crippen LogP contribution is 2.27. The van der Waals surface area contributed by atoms with Crippen LogP contribution in [0.25, 0.3) is 0 Å². The molecule has 170 valence electrons. The number of aliphatic imine (C=N–C) groups is 1. The Morgan fingerprint density at radius 1 is 1.20 bits per heavy atom. The Hall–Kier alpha value is -0.770. The van der Waals surface area contributed by atoms with Gasteiger partial charge in [0.25, 0.3) is 0 Å². The summed E-state index contributed by atoms with van der Waals surface area (Å²) in [6.07, 6.45) is 4.77. The highest BCUT2D eigenvalue weighted by Gasteiger charge is 2.23. The zero-order chi connectivity index (χ0) is 20.5. The minimum atomic E-state index is 0. The van der Waals surface area contributed by atoms with Crippen molar-refractivity contribution in [2.24, 2.45) is 10.9 Å². The Morgan fingerprint density at radius 3 is 2.67 bits per heavy atom. The van der Waals surface area contributed by atoms with Crippen LogP contribution >= 0.6 is 35.6 Å². The lowest BCUT2D eigenvalue weighted by molar-refractivity contribution is 0.121. The first-order valence-electron chi connectivity index (χ1n) is 10.9. The summed E-state index contributed by atoms with van der Waals surface area (Å²) in [7, 11) is 3.63. The fourth-order valence-electron chi connectivity index (χ4n) is 4.29. The summed E-state index contributed by atoms with van der Waals surface area (Å²) in [5.41, 5.74) is 1.13. The fourth-order valence-corrected chi connectivity index (χ4v) is 4.54. The Kier molecular flexibility index (Phi) is 11.6. The number of nitrogens with one attached hydrogen (secondary N) is 2. The maximum absolute atomic E-state index is 6.40. The number of piperidine rings is 2. The topological polar surface area (TPSA) is 52.1 Å². The zero-order valence-electron chi connectivity index (χ0n) is 18.3. The lowest BCUT2D eigenvalue weighted by Crippen LogP contribution is -2.52. The molecular formula is C22H37ClIN5O. The third-order valence-electron chi connectivity index (χ3n) is 6.06. The molecule has 0 saturated carbocycles. The van der Waals surface area contributed by atoms with Crippen molar-refractivity contribution in [1.29, 1.82) is 0 Å². The number of likely N-dealkylation sites (tertiary alicyclic amines) is 1. The molecule has 2 heterocycles. The molecule has 0 amide bonds. The Balaban J connectivity index is 0.00000320. The van der Waals surface area contributed by atoms with E-state index in [2.05, 4.69) is 37.6 Å². The lowest BCUT2D eigenvalue weighted by atomic mass is 9.97. The average molecular weight is 550 g/mol. The molecule has 0 aromatic heterocycles. The first kappa shape index (κ1) is 25.5. The lowest BCUT2D eigenvalue weighted by Gasteiger charge is -2.36. The van der Waals surface area contributed by atoms with Gasteiger partial charge in [0.15, 0.2) is 5.96 Å². The molecule has 0 radical (unpaired) electrons. The van der Waals surface area contributed by atoms with Gasteiger partial charge in [-0.3, -0.25) is 4.99 Å². The molecule has 3 rings (SSSR count). The van der Waals surface area contributed by atoms with Crippen LogP contribution in [0.3, 0.4) is 0 Å². The number of anilines is 1. The van der Waals surface area contributed by atoms with Gasteiger partial charge in [0.1, 0.15) is 0 Å². The van der Waals surface area contributed by atoms with Crippen LogP contribution in [0.2, 0.25) is 5.02 Å². The molecule has 30 heavy (non-hydrogen) atoms. The van der Waals surface area contributed by atoms with Crippen LogP contribution < -0.4 is 15.5 Å². The van der Waals surface area contributed by atoms with E-state index in [9.17, 15) is 0 Å². The summed E-state index contributed by atoms with van der Waals surface area (Å²) in [6.45, 7) is 7.18. The standard InChI is InChI=1S/C22H36ClN5O.HI/c1-24-22(25-16-18-9-12-27(13-10-18)14-15-29-2)26-19-6-5-11-28(17-19)21-8-4-3-7-20(21)23;/h3-4,7-8,18-19H,5-6,9-17H2,1-2H3,(H2,24,25,26);1H. The van der Waals surface area contributed by atoms with Gasteiger partial charge in [-0.2, -0.15) is 0 Å². The molecule has 6 nitrogen and oxygen atoms in total. The van der Waals surface area contributed by atoms with Crippen LogP contribution in [0.1, 0.15) is 25.7 Å². The summed E-state index contributed by atoms with van der Waals surface area (Å²) >= 11 is 6.40. The molecule has 8 heteroatoms. The van der Waals surface area contributed by atoms with Gasteiger partial charge in [0, 0.05) is 46.4 Å². The van der Waals surface area contributed by atoms with Crippen LogP contribution in [-0.2, 0) is 4.74 Å². The minimum Gasteiger partial charge on any atom is -0.383 e. The van der Waals surface area contributed by atoms with Crippen molar-refractivity contribution in [1.82, 2.24) is 15.5 Å². The number of rotatable bonds is 7. The van der Waals surface area contributed by atoms with Crippen LogP contribution in [-0.4, -0.2) is 76.9 Å². The smallest absolute Gasteiger partial charge is 0.191 e. The van der Waals surface area contributed by atoms with Crippen molar-refractivity contribution >= 4 is 47.2 Å². The van der Waals surface area contributed by atoms with E-state index in [4.69, 9.17) is 16.3 Å². The van der Waals surface area contributed by atoms with E-state index in [0.29, 0.717) is 12.0 Å². The fraction of sp³-hybridized carbons (Fsp3) is 0.682. The van der Waals surface area contributed by atoms with Gasteiger partial charge in [0.2, 0.25) is 0 Å². The number of hydrogen-bond donors (Lipinski definition) is 2. The summed E-state index contributed by atoms with van der Waals surface area (Å²) in [6, 6.07) is 8.49. The van der Waals surface area contributed by atoms with Crippen molar-refractivity contribution in [2.45, 2.75) is 31.7 Å². The Morgan fingerprint density at radius 2 is 1.97 bits per heavy atom. The van der Waals surface area contributed by atoms with E-state index in [0.717, 1.165) is 75.4 Å². The number of benzene rings is 1. The van der Waals surface area contributed by atoms with E-state index in [-0.39, 0.29) is 24.0 Å². The Labute approximate surface area is 203 Å². The molecule has 0 spiro atoms. The summed E-state index contributed by atoms with van der Waals surface area (Å²) < 4.78 is 5.19. The third kappa shape index (κ3) is 7.73. The van der Waals surface area contributed by atoms with E-state index in [1.165, 1.54) is 12.8 Å². The maximum Gasteiger partial charge on any atom is 0.191 e. The largest absolute Gasteiger partial charge is 0.383 e. The summed E-state index contributed by atoms with van der Waals surface area (Å²) in [5.74, 6) is 1.62. The van der Waals surface area contributed by atoms with Crippen molar-refractivity contribution in [3.63, 3.8) is 0 Å². The second-order valence-corrected chi connectivity index (χ2v) is 8.52. The van der Waals surface area contributed by atoms with Crippen LogP contribution in [0.4, 0.5) is 5.69 Å². The van der Waals surface area contributed by atoms with Gasteiger partial charge in [0.05, 0.1) is 17.3 Å². The highest BCUT2D eigenvalue weighted by atomic mass is 127.